The fraction of sp³-hybridized carbons (Fsp3) is 0.550. The summed E-state index contributed by atoms with van der Waals surface area (Å²) in [7, 11) is 3.11. The summed E-state index contributed by atoms with van der Waals surface area (Å²) in [5.41, 5.74) is 4.47. The standard InChI is InChI=1S/C20H28N6O3/c1-23-19(27)15-22-26(20(23)28)8-4-3-7-24-9-11-25(12-10-24)18-6-5-17(29-2)13-16(18)14-21/h5-6,13,22H,3-4,7-12,15H2,1-2H3. The van der Waals surface area contributed by atoms with Gasteiger partial charge in [-0.2, -0.15) is 5.26 Å². The van der Waals surface area contributed by atoms with Crippen LogP contribution in [0.25, 0.3) is 0 Å². The minimum atomic E-state index is -0.289. The lowest BCUT2D eigenvalue weighted by atomic mass is 10.1. The second-order valence-corrected chi connectivity index (χ2v) is 7.25. The van der Waals surface area contributed by atoms with E-state index >= 15 is 0 Å². The number of nitrogens with zero attached hydrogens (tertiary/aromatic N) is 5. The van der Waals surface area contributed by atoms with Gasteiger partial charge >= 0.3 is 6.03 Å². The number of imide groups is 1. The molecule has 0 aromatic heterocycles. The third-order valence-electron chi connectivity index (χ3n) is 5.46. The largest absolute Gasteiger partial charge is 0.497 e. The first-order chi connectivity index (χ1) is 14.0. The van der Waals surface area contributed by atoms with Gasteiger partial charge in [0, 0.05) is 39.8 Å². The lowest BCUT2D eigenvalue weighted by molar-refractivity contribution is -0.130. The monoisotopic (exact) mass is 400 g/mol. The zero-order chi connectivity index (χ0) is 20.8. The van der Waals surface area contributed by atoms with Gasteiger partial charge in [-0.15, -0.1) is 0 Å². The number of hydrogen-bond acceptors (Lipinski definition) is 7. The fourth-order valence-corrected chi connectivity index (χ4v) is 3.64. The molecule has 1 aromatic carbocycles. The Balaban J connectivity index is 1.40. The van der Waals surface area contributed by atoms with Crippen LogP contribution in [0.3, 0.4) is 0 Å². The molecule has 1 aromatic rings. The molecule has 0 unspecified atom stereocenters. The van der Waals surface area contributed by atoms with Crippen molar-refractivity contribution in [2.24, 2.45) is 0 Å². The summed E-state index contributed by atoms with van der Waals surface area (Å²) >= 11 is 0. The molecule has 2 aliphatic rings. The number of amides is 3. The first-order valence-electron chi connectivity index (χ1n) is 9.90. The molecule has 0 radical (unpaired) electrons. The number of rotatable bonds is 7. The highest BCUT2D eigenvalue weighted by Gasteiger charge is 2.28. The molecule has 2 saturated heterocycles. The van der Waals surface area contributed by atoms with Gasteiger partial charge in [0.1, 0.15) is 11.8 Å². The SMILES string of the molecule is COc1ccc(N2CCN(CCCCN3NCC(=O)N(C)C3=O)CC2)c(C#N)c1. The molecule has 0 saturated carbocycles. The van der Waals surface area contributed by atoms with Gasteiger partial charge in [-0.25, -0.2) is 10.2 Å². The molecule has 156 valence electrons. The van der Waals surface area contributed by atoms with E-state index in [2.05, 4.69) is 21.3 Å². The van der Waals surface area contributed by atoms with E-state index in [0.717, 1.165) is 56.2 Å². The second-order valence-electron chi connectivity index (χ2n) is 7.25. The quantitative estimate of drug-likeness (QED) is 0.679. The van der Waals surface area contributed by atoms with Gasteiger partial charge in [-0.3, -0.25) is 19.6 Å². The van der Waals surface area contributed by atoms with Crippen LogP contribution in [-0.4, -0.2) is 86.7 Å². The number of urea groups is 1. The number of hydrogen-bond donors (Lipinski definition) is 1. The Kier molecular flexibility index (Phi) is 6.90. The molecule has 2 fully saturated rings. The van der Waals surface area contributed by atoms with E-state index in [4.69, 9.17) is 4.74 Å². The molecule has 2 heterocycles. The molecular weight excluding hydrogens is 372 g/mol. The van der Waals surface area contributed by atoms with E-state index in [9.17, 15) is 14.9 Å². The predicted molar refractivity (Wildman–Crippen MR) is 108 cm³/mol. The zero-order valence-corrected chi connectivity index (χ0v) is 17.1. The van der Waals surface area contributed by atoms with E-state index < -0.39 is 0 Å². The number of hydrazine groups is 1. The van der Waals surface area contributed by atoms with Crippen molar-refractivity contribution >= 4 is 17.6 Å². The Morgan fingerprint density at radius 3 is 2.55 bits per heavy atom. The molecule has 9 nitrogen and oxygen atoms in total. The van der Waals surface area contributed by atoms with E-state index in [1.165, 1.54) is 12.1 Å². The van der Waals surface area contributed by atoms with Gasteiger partial charge in [0.25, 0.3) is 0 Å². The number of anilines is 1. The van der Waals surface area contributed by atoms with Crippen LogP contribution in [0, 0.1) is 11.3 Å². The normalized spacial score (nSPS) is 18.2. The maximum absolute atomic E-state index is 12.0. The summed E-state index contributed by atoms with van der Waals surface area (Å²) in [4.78, 5) is 29.3. The summed E-state index contributed by atoms with van der Waals surface area (Å²) in [6, 6.07) is 7.60. The highest BCUT2D eigenvalue weighted by Crippen LogP contribution is 2.25. The van der Waals surface area contributed by atoms with Gasteiger partial charge in [0.2, 0.25) is 5.91 Å². The summed E-state index contributed by atoms with van der Waals surface area (Å²) in [6.45, 7) is 5.36. The van der Waals surface area contributed by atoms with Crippen LogP contribution in [0.15, 0.2) is 18.2 Å². The van der Waals surface area contributed by atoms with Crippen molar-refractivity contribution in [2.45, 2.75) is 12.8 Å². The third kappa shape index (κ3) is 4.96. The smallest absolute Gasteiger partial charge is 0.340 e. The average molecular weight is 400 g/mol. The van der Waals surface area contributed by atoms with Gasteiger partial charge in [-0.1, -0.05) is 0 Å². The van der Waals surface area contributed by atoms with E-state index in [0.29, 0.717) is 17.9 Å². The maximum Gasteiger partial charge on any atom is 0.340 e. The van der Waals surface area contributed by atoms with Crippen LogP contribution in [0.2, 0.25) is 0 Å². The number of carbonyl (C=O) groups excluding carboxylic acids is 2. The van der Waals surface area contributed by atoms with E-state index in [1.807, 2.05) is 12.1 Å². The summed E-state index contributed by atoms with van der Waals surface area (Å²) in [5, 5.41) is 10.9. The number of nitriles is 1. The van der Waals surface area contributed by atoms with Crippen molar-refractivity contribution < 1.29 is 14.3 Å². The lowest BCUT2D eigenvalue weighted by Crippen LogP contribution is -2.59. The van der Waals surface area contributed by atoms with Crippen molar-refractivity contribution in [2.75, 3.05) is 64.9 Å². The van der Waals surface area contributed by atoms with Gasteiger partial charge in [-0.05, 0) is 37.6 Å². The minimum Gasteiger partial charge on any atom is -0.497 e. The lowest BCUT2D eigenvalue weighted by Gasteiger charge is -2.36. The molecule has 9 heteroatoms. The highest BCUT2D eigenvalue weighted by molar-refractivity contribution is 5.96. The van der Waals surface area contributed by atoms with Gasteiger partial charge in [0.15, 0.2) is 0 Å². The number of piperazine rings is 1. The Morgan fingerprint density at radius 1 is 1.14 bits per heavy atom. The Labute approximate surface area is 171 Å². The number of methoxy groups -OCH3 is 1. The topological polar surface area (TPSA) is 92.2 Å². The number of unbranched alkanes of at least 4 members (excludes halogenated alkanes) is 1. The summed E-state index contributed by atoms with van der Waals surface area (Å²) < 4.78 is 5.21. The Morgan fingerprint density at radius 2 is 1.86 bits per heavy atom. The minimum absolute atomic E-state index is 0.167. The van der Waals surface area contributed by atoms with Crippen molar-refractivity contribution in [1.82, 2.24) is 20.2 Å². The van der Waals surface area contributed by atoms with Crippen LogP contribution in [0.4, 0.5) is 10.5 Å². The van der Waals surface area contributed by atoms with E-state index in [1.54, 1.807) is 13.2 Å². The van der Waals surface area contributed by atoms with Crippen LogP contribution >= 0.6 is 0 Å². The molecule has 29 heavy (non-hydrogen) atoms. The summed E-state index contributed by atoms with van der Waals surface area (Å²) in [6.07, 6.45) is 1.85. The second kappa shape index (κ2) is 9.58. The molecular formula is C20H28N6O3. The zero-order valence-electron chi connectivity index (χ0n) is 17.1. The molecule has 3 amide bonds. The molecule has 0 bridgehead atoms. The first-order valence-corrected chi connectivity index (χ1v) is 9.90. The van der Waals surface area contributed by atoms with E-state index in [-0.39, 0.29) is 18.5 Å². The molecule has 1 N–H and O–H groups in total. The highest BCUT2D eigenvalue weighted by atomic mass is 16.5. The molecule has 3 rings (SSSR count). The van der Waals surface area contributed by atoms with Crippen LogP contribution in [0.5, 0.6) is 5.75 Å². The third-order valence-corrected chi connectivity index (χ3v) is 5.46. The molecule has 0 spiro atoms. The van der Waals surface area contributed by atoms with Crippen molar-refractivity contribution in [1.29, 1.82) is 5.26 Å². The fourth-order valence-electron chi connectivity index (χ4n) is 3.64. The summed E-state index contributed by atoms with van der Waals surface area (Å²) in [5.74, 6) is 0.488. The number of nitrogens with one attached hydrogen (secondary N) is 1. The molecule has 0 atom stereocenters. The van der Waals surface area contributed by atoms with Crippen LogP contribution in [0.1, 0.15) is 18.4 Å². The Bertz CT molecular complexity index is 785. The molecule has 0 aliphatic carbocycles. The van der Waals surface area contributed by atoms with Crippen molar-refractivity contribution in [3.63, 3.8) is 0 Å². The number of likely N-dealkylation sites (N-methyl/N-ethyl adjacent to an activating group) is 1. The first kappa shape index (κ1) is 20.9. The number of ether oxygens (including phenoxy) is 1. The number of benzene rings is 1. The average Bonchev–Trinajstić information content (AvgIpc) is 2.76. The van der Waals surface area contributed by atoms with Gasteiger partial charge in [0.05, 0.1) is 24.9 Å². The van der Waals surface area contributed by atoms with Crippen LogP contribution < -0.4 is 15.1 Å². The Hall–Kier alpha value is -2.83. The van der Waals surface area contributed by atoms with Crippen molar-refractivity contribution in [3.8, 4) is 11.8 Å². The van der Waals surface area contributed by atoms with Crippen molar-refractivity contribution in [3.05, 3.63) is 23.8 Å². The number of carbonyl (C=O) groups is 2. The molecule has 2 aliphatic heterocycles. The maximum atomic E-state index is 12.0. The predicted octanol–water partition coefficient (Wildman–Crippen LogP) is 0.868. The van der Waals surface area contributed by atoms with Gasteiger partial charge < -0.3 is 9.64 Å². The van der Waals surface area contributed by atoms with Crippen LogP contribution in [-0.2, 0) is 4.79 Å².